The second-order valence-electron chi connectivity index (χ2n) is 3.30. The number of methoxy groups -OCH3 is 1. The molecule has 3 N–H and O–H groups in total. The summed E-state index contributed by atoms with van der Waals surface area (Å²) < 4.78 is 5.00. The second kappa shape index (κ2) is 7.10. The van der Waals surface area contributed by atoms with Gasteiger partial charge in [0, 0.05) is 32.6 Å². The van der Waals surface area contributed by atoms with E-state index in [1.807, 2.05) is 4.90 Å². The number of nitrogens with two attached hydrogens (primary N) is 1. The number of thiocarbonyl (C=S) groups is 1. The van der Waals surface area contributed by atoms with Crippen LogP contribution in [-0.2, 0) is 4.74 Å². The minimum atomic E-state index is 0.0110. The Hall–Kier alpha value is -1.31. The van der Waals surface area contributed by atoms with Crippen LogP contribution in [-0.4, -0.2) is 53.5 Å². The molecule has 0 atom stereocenters. The molecule has 1 aromatic heterocycles. The van der Waals surface area contributed by atoms with E-state index in [0.29, 0.717) is 31.2 Å². The van der Waals surface area contributed by atoms with Gasteiger partial charge in [-0.15, -0.1) is 0 Å². The zero-order chi connectivity index (χ0) is 12.7. The zero-order valence-corrected chi connectivity index (χ0v) is 10.5. The molecule has 0 aromatic carbocycles. The van der Waals surface area contributed by atoms with Crippen LogP contribution in [0.15, 0.2) is 12.4 Å². The smallest absolute Gasteiger partial charge is 0.157 e. The Labute approximate surface area is 105 Å². The second-order valence-corrected chi connectivity index (χ2v) is 3.74. The third-order valence-electron chi connectivity index (χ3n) is 2.15. The van der Waals surface area contributed by atoms with Crippen molar-refractivity contribution in [1.82, 2.24) is 9.97 Å². The summed E-state index contributed by atoms with van der Waals surface area (Å²) in [6.07, 6.45) is 3.10. The topological polar surface area (TPSA) is 84.5 Å². The summed E-state index contributed by atoms with van der Waals surface area (Å²) in [5.41, 5.74) is 6.05. The first-order chi connectivity index (χ1) is 8.20. The van der Waals surface area contributed by atoms with Crippen molar-refractivity contribution in [2.24, 2.45) is 5.73 Å². The van der Waals surface area contributed by atoms with Gasteiger partial charge >= 0.3 is 0 Å². The molecular weight excluding hydrogens is 240 g/mol. The highest BCUT2D eigenvalue weighted by Crippen LogP contribution is 2.14. The molecule has 6 nitrogen and oxygen atoms in total. The number of aliphatic hydroxyl groups excluding tert-OH is 1. The minimum Gasteiger partial charge on any atom is -0.395 e. The number of anilines is 1. The van der Waals surface area contributed by atoms with Gasteiger partial charge in [-0.05, 0) is 0 Å². The number of nitrogens with zero attached hydrogens (tertiary/aromatic N) is 3. The molecule has 1 heterocycles. The third kappa shape index (κ3) is 3.88. The Balaban J connectivity index is 2.95. The summed E-state index contributed by atoms with van der Waals surface area (Å²) in [6.45, 7) is 1.55. The molecule has 1 rings (SSSR count). The number of ether oxygens (including phenoxy) is 1. The van der Waals surface area contributed by atoms with Crippen molar-refractivity contribution in [3.05, 3.63) is 18.1 Å². The highest BCUT2D eigenvalue weighted by atomic mass is 32.1. The van der Waals surface area contributed by atoms with E-state index < -0.39 is 0 Å². The molecule has 0 saturated heterocycles. The van der Waals surface area contributed by atoms with E-state index in [4.69, 9.17) is 27.8 Å². The van der Waals surface area contributed by atoms with Crippen molar-refractivity contribution in [2.45, 2.75) is 0 Å². The Morgan fingerprint density at radius 3 is 2.76 bits per heavy atom. The number of rotatable bonds is 7. The average molecular weight is 256 g/mol. The standard InChI is InChI=1S/C10H16N4O2S/c1-16-7-5-14(4-6-15)10-8(9(11)17)12-2-3-13-10/h2-3,15H,4-7H2,1H3,(H2,11,17). The monoisotopic (exact) mass is 256 g/mol. The van der Waals surface area contributed by atoms with Crippen LogP contribution < -0.4 is 10.6 Å². The van der Waals surface area contributed by atoms with Crippen LogP contribution in [0, 0.1) is 0 Å². The summed E-state index contributed by atoms with van der Waals surface area (Å²) in [4.78, 5) is 10.3. The summed E-state index contributed by atoms with van der Waals surface area (Å²) in [7, 11) is 1.61. The molecule has 1 aromatic rings. The summed E-state index contributed by atoms with van der Waals surface area (Å²) >= 11 is 4.92. The van der Waals surface area contributed by atoms with E-state index in [1.165, 1.54) is 6.20 Å². The van der Waals surface area contributed by atoms with Crippen LogP contribution in [0.25, 0.3) is 0 Å². The molecule has 0 amide bonds. The van der Waals surface area contributed by atoms with Crippen LogP contribution in [0.1, 0.15) is 5.69 Å². The lowest BCUT2D eigenvalue weighted by Crippen LogP contribution is -2.33. The van der Waals surface area contributed by atoms with Gasteiger partial charge in [-0.2, -0.15) is 0 Å². The first kappa shape index (κ1) is 13.8. The number of aromatic nitrogens is 2. The molecule has 0 fully saturated rings. The molecule has 0 radical (unpaired) electrons. The molecule has 0 bridgehead atoms. The highest BCUT2D eigenvalue weighted by molar-refractivity contribution is 7.80. The third-order valence-corrected chi connectivity index (χ3v) is 2.34. The maximum absolute atomic E-state index is 9.03. The van der Waals surface area contributed by atoms with Crippen molar-refractivity contribution in [3.63, 3.8) is 0 Å². The Kier molecular flexibility index (Phi) is 5.75. The Bertz CT molecular complexity index is 375. The van der Waals surface area contributed by atoms with E-state index in [-0.39, 0.29) is 11.6 Å². The molecule has 94 valence electrons. The number of hydrogen-bond donors (Lipinski definition) is 2. The predicted octanol–water partition coefficient (Wildman–Crippen LogP) is -0.444. The van der Waals surface area contributed by atoms with E-state index in [0.717, 1.165) is 0 Å². The van der Waals surface area contributed by atoms with Gasteiger partial charge in [0.25, 0.3) is 0 Å². The summed E-state index contributed by atoms with van der Waals surface area (Å²) in [5.74, 6) is 0.575. The molecular formula is C10H16N4O2S. The van der Waals surface area contributed by atoms with E-state index in [1.54, 1.807) is 13.3 Å². The normalized spacial score (nSPS) is 10.2. The fraction of sp³-hybridized carbons (Fsp3) is 0.500. The summed E-state index contributed by atoms with van der Waals surface area (Å²) in [5, 5.41) is 9.03. The fourth-order valence-corrected chi connectivity index (χ4v) is 1.53. The molecule has 0 saturated carbocycles. The first-order valence-electron chi connectivity index (χ1n) is 5.16. The maximum Gasteiger partial charge on any atom is 0.157 e. The van der Waals surface area contributed by atoms with Crippen LogP contribution in [0.4, 0.5) is 5.82 Å². The van der Waals surface area contributed by atoms with E-state index in [9.17, 15) is 0 Å². The van der Waals surface area contributed by atoms with Crippen molar-refractivity contribution in [1.29, 1.82) is 0 Å². The SMILES string of the molecule is COCCN(CCO)c1nccnc1C(N)=S. The van der Waals surface area contributed by atoms with Gasteiger partial charge in [-0.3, -0.25) is 0 Å². The van der Waals surface area contributed by atoms with Gasteiger partial charge in [0.1, 0.15) is 10.7 Å². The van der Waals surface area contributed by atoms with Gasteiger partial charge in [0.2, 0.25) is 0 Å². The van der Waals surface area contributed by atoms with Crippen LogP contribution in [0.3, 0.4) is 0 Å². The van der Waals surface area contributed by atoms with Gasteiger partial charge in [0.15, 0.2) is 5.82 Å². The number of aliphatic hydroxyl groups is 1. The Morgan fingerprint density at radius 1 is 1.47 bits per heavy atom. The maximum atomic E-state index is 9.03. The molecule has 17 heavy (non-hydrogen) atoms. The van der Waals surface area contributed by atoms with Crippen LogP contribution in [0.2, 0.25) is 0 Å². The van der Waals surface area contributed by atoms with Gasteiger partial charge in [-0.1, -0.05) is 12.2 Å². The van der Waals surface area contributed by atoms with Crippen LogP contribution in [0.5, 0.6) is 0 Å². The van der Waals surface area contributed by atoms with Crippen molar-refractivity contribution in [3.8, 4) is 0 Å². The lowest BCUT2D eigenvalue weighted by molar-refractivity contribution is 0.202. The lowest BCUT2D eigenvalue weighted by Gasteiger charge is -2.23. The minimum absolute atomic E-state index is 0.0110. The average Bonchev–Trinajstić information content (AvgIpc) is 2.34. The first-order valence-corrected chi connectivity index (χ1v) is 5.57. The van der Waals surface area contributed by atoms with Crippen molar-refractivity contribution >= 4 is 23.0 Å². The van der Waals surface area contributed by atoms with E-state index >= 15 is 0 Å². The van der Waals surface area contributed by atoms with E-state index in [2.05, 4.69) is 9.97 Å². The molecule has 0 aliphatic heterocycles. The molecule has 0 aliphatic carbocycles. The van der Waals surface area contributed by atoms with Gasteiger partial charge in [-0.25, -0.2) is 9.97 Å². The largest absolute Gasteiger partial charge is 0.395 e. The Morgan fingerprint density at radius 2 is 2.18 bits per heavy atom. The highest BCUT2D eigenvalue weighted by Gasteiger charge is 2.14. The predicted molar refractivity (Wildman–Crippen MR) is 69.1 cm³/mol. The fourth-order valence-electron chi connectivity index (χ4n) is 1.38. The lowest BCUT2D eigenvalue weighted by atomic mass is 10.3. The summed E-state index contributed by atoms with van der Waals surface area (Å²) in [6, 6.07) is 0. The van der Waals surface area contributed by atoms with Gasteiger partial charge < -0.3 is 20.5 Å². The number of hydrogen-bond acceptors (Lipinski definition) is 6. The molecule has 0 aliphatic rings. The molecule has 0 spiro atoms. The zero-order valence-electron chi connectivity index (χ0n) is 9.67. The quantitative estimate of drug-likeness (QED) is 0.639. The molecule has 0 unspecified atom stereocenters. The van der Waals surface area contributed by atoms with Crippen molar-refractivity contribution < 1.29 is 9.84 Å². The molecule has 7 heteroatoms. The van der Waals surface area contributed by atoms with Crippen molar-refractivity contribution in [2.75, 3.05) is 38.3 Å². The van der Waals surface area contributed by atoms with Crippen LogP contribution >= 0.6 is 12.2 Å². The van der Waals surface area contributed by atoms with Gasteiger partial charge in [0.05, 0.1) is 13.2 Å².